The third-order valence-electron chi connectivity index (χ3n) is 5.28. The Morgan fingerprint density at radius 1 is 0.541 bits per heavy atom. The fraction of sp³-hybridized carbons (Fsp3) is 0.846. The number of ketones is 2. The monoisotopic (exact) mass is 582 g/mol. The van der Waals surface area contributed by atoms with Gasteiger partial charge >= 0.3 is 0 Å². The molecule has 0 aromatic rings. The SMILES string of the molecule is CCCCC(=O)CC(=O)N(CCOC)CCOC.CCCCC(=O)CC(=O)N(CCOC)CCOC.[Zn]. The van der Waals surface area contributed by atoms with E-state index in [4.69, 9.17) is 18.9 Å². The van der Waals surface area contributed by atoms with Crippen LogP contribution in [0.3, 0.4) is 0 Å². The number of hydrogen-bond donors (Lipinski definition) is 0. The first-order valence-electron chi connectivity index (χ1n) is 12.9. The van der Waals surface area contributed by atoms with E-state index in [1.165, 1.54) is 0 Å². The molecule has 10 nitrogen and oxygen atoms in total. The van der Waals surface area contributed by atoms with Gasteiger partial charge in [0.1, 0.15) is 11.6 Å². The Morgan fingerprint density at radius 2 is 0.811 bits per heavy atom. The first-order valence-corrected chi connectivity index (χ1v) is 12.9. The van der Waals surface area contributed by atoms with E-state index in [0.29, 0.717) is 65.4 Å². The number of hydrogen-bond acceptors (Lipinski definition) is 8. The molecule has 0 aliphatic carbocycles. The first-order chi connectivity index (χ1) is 17.3. The van der Waals surface area contributed by atoms with Crippen molar-refractivity contribution in [3.05, 3.63) is 0 Å². The number of carbonyl (C=O) groups is 4. The van der Waals surface area contributed by atoms with E-state index in [0.717, 1.165) is 25.7 Å². The van der Waals surface area contributed by atoms with Crippen LogP contribution in [-0.4, -0.2) is 114 Å². The predicted molar refractivity (Wildman–Crippen MR) is 139 cm³/mol. The summed E-state index contributed by atoms with van der Waals surface area (Å²) in [5.41, 5.74) is 0. The zero-order chi connectivity index (χ0) is 27.6. The molecule has 0 fully saturated rings. The molecular weight excluding hydrogens is 534 g/mol. The molecule has 0 radical (unpaired) electrons. The van der Waals surface area contributed by atoms with Crippen molar-refractivity contribution < 1.29 is 57.6 Å². The van der Waals surface area contributed by atoms with E-state index in [2.05, 4.69) is 0 Å². The van der Waals surface area contributed by atoms with Crippen molar-refractivity contribution in [3.63, 3.8) is 0 Å². The van der Waals surface area contributed by atoms with Crippen molar-refractivity contribution in [2.24, 2.45) is 0 Å². The number of rotatable bonds is 22. The normalized spacial score (nSPS) is 10.1. The number of unbranched alkanes of at least 4 members (excludes halogenated alkanes) is 2. The molecule has 0 saturated heterocycles. The molecule has 0 saturated carbocycles. The van der Waals surface area contributed by atoms with Crippen molar-refractivity contribution in [2.75, 3.05) is 81.0 Å². The van der Waals surface area contributed by atoms with Crippen LogP contribution in [0, 0.1) is 0 Å². The summed E-state index contributed by atoms with van der Waals surface area (Å²) in [6, 6.07) is 0. The second kappa shape index (κ2) is 29.3. The standard InChI is InChI=1S/2C13H25NO4.Zn/c2*1-4-5-6-12(15)11-13(16)14(7-9-17-2)8-10-18-3;/h2*4-11H2,1-3H3;. The van der Waals surface area contributed by atoms with Crippen molar-refractivity contribution in [1.82, 2.24) is 9.80 Å². The fourth-order valence-corrected chi connectivity index (χ4v) is 3.01. The second-order valence-electron chi connectivity index (χ2n) is 8.37. The first kappa shape index (κ1) is 40.2. The van der Waals surface area contributed by atoms with Crippen LogP contribution in [0.25, 0.3) is 0 Å². The zero-order valence-electron chi connectivity index (χ0n) is 24.2. The van der Waals surface area contributed by atoms with Gasteiger partial charge in [-0.15, -0.1) is 0 Å². The van der Waals surface area contributed by atoms with Crippen LogP contribution in [0.5, 0.6) is 0 Å². The summed E-state index contributed by atoms with van der Waals surface area (Å²) in [5.74, 6) is -0.237. The van der Waals surface area contributed by atoms with Crippen LogP contribution in [0.1, 0.15) is 65.2 Å². The van der Waals surface area contributed by atoms with Gasteiger partial charge in [0, 0.05) is 86.9 Å². The van der Waals surface area contributed by atoms with Crippen molar-refractivity contribution >= 4 is 23.4 Å². The average molecular weight is 584 g/mol. The molecule has 214 valence electrons. The van der Waals surface area contributed by atoms with Gasteiger partial charge in [0.15, 0.2) is 0 Å². The van der Waals surface area contributed by atoms with Crippen molar-refractivity contribution in [1.29, 1.82) is 0 Å². The molecule has 2 amide bonds. The molecule has 0 spiro atoms. The molecule has 0 aromatic heterocycles. The molecule has 0 bridgehead atoms. The molecular formula is C26H50N2O8Zn. The fourth-order valence-electron chi connectivity index (χ4n) is 3.01. The zero-order valence-corrected chi connectivity index (χ0v) is 27.1. The molecule has 37 heavy (non-hydrogen) atoms. The predicted octanol–water partition coefficient (Wildman–Crippen LogP) is 2.51. The number of methoxy groups -OCH3 is 4. The minimum Gasteiger partial charge on any atom is -0.383 e. The maximum atomic E-state index is 11.9. The Labute approximate surface area is 236 Å². The Morgan fingerprint density at radius 3 is 1.03 bits per heavy atom. The van der Waals surface area contributed by atoms with E-state index >= 15 is 0 Å². The van der Waals surface area contributed by atoms with Gasteiger partial charge in [0.25, 0.3) is 0 Å². The summed E-state index contributed by atoms with van der Waals surface area (Å²) < 4.78 is 19.8. The third kappa shape index (κ3) is 24.8. The Kier molecular flexibility index (Phi) is 31.9. The molecule has 0 rings (SSSR count). The Bertz CT molecular complexity index is 527. The number of Topliss-reactive ketones (excluding diaryl/α,β-unsaturated/α-hetero) is 2. The molecule has 0 unspecified atom stereocenters. The number of nitrogens with zero attached hydrogens (tertiary/aromatic N) is 2. The van der Waals surface area contributed by atoms with Gasteiger partial charge in [-0.2, -0.15) is 0 Å². The van der Waals surface area contributed by atoms with Crippen molar-refractivity contribution in [3.8, 4) is 0 Å². The van der Waals surface area contributed by atoms with Gasteiger partial charge in [0.05, 0.1) is 39.3 Å². The summed E-state index contributed by atoms with van der Waals surface area (Å²) in [6.45, 7) is 7.94. The van der Waals surface area contributed by atoms with Gasteiger partial charge < -0.3 is 28.7 Å². The number of amides is 2. The van der Waals surface area contributed by atoms with Crippen LogP contribution in [0.15, 0.2) is 0 Å². The van der Waals surface area contributed by atoms with E-state index in [1.807, 2.05) is 13.8 Å². The van der Waals surface area contributed by atoms with Crippen LogP contribution in [0.4, 0.5) is 0 Å². The van der Waals surface area contributed by atoms with Gasteiger partial charge in [-0.3, -0.25) is 19.2 Å². The maximum Gasteiger partial charge on any atom is 0.230 e. The van der Waals surface area contributed by atoms with Gasteiger partial charge in [-0.05, 0) is 12.8 Å². The minimum atomic E-state index is -0.134. The largest absolute Gasteiger partial charge is 0.383 e. The average Bonchev–Trinajstić information content (AvgIpc) is 2.86. The topological polar surface area (TPSA) is 112 Å². The van der Waals surface area contributed by atoms with E-state index in [-0.39, 0.29) is 55.7 Å². The molecule has 0 aromatic carbocycles. The molecule has 11 heteroatoms. The van der Waals surface area contributed by atoms with Crippen LogP contribution in [0.2, 0.25) is 0 Å². The summed E-state index contributed by atoms with van der Waals surface area (Å²) in [7, 11) is 6.35. The van der Waals surface area contributed by atoms with E-state index < -0.39 is 0 Å². The van der Waals surface area contributed by atoms with Crippen LogP contribution >= 0.6 is 0 Å². The number of carbonyl (C=O) groups excluding carboxylic acids is 4. The Hall–Kier alpha value is -1.26. The molecule has 0 heterocycles. The molecule has 0 N–H and O–H groups in total. The molecule has 0 atom stereocenters. The second-order valence-corrected chi connectivity index (χ2v) is 8.37. The summed E-state index contributed by atoms with van der Waals surface area (Å²) in [4.78, 5) is 50.2. The van der Waals surface area contributed by atoms with Gasteiger partial charge in [-0.25, -0.2) is 0 Å². The summed E-state index contributed by atoms with van der Waals surface area (Å²) in [6.07, 6.45) is 4.61. The van der Waals surface area contributed by atoms with Crippen LogP contribution in [-0.2, 0) is 57.6 Å². The van der Waals surface area contributed by atoms with Crippen molar-refractivity contribution in [2.45, 2.75) is 65.2 Å². The van der Waals surface area contributed by atoms with Gasteiger partial charge in [-0.1, -0.05) is 26.7 Å². The van der Waals surface area contributed by atoms with E-state index in [9.17, 15) is 19.2 Å². The van der Waals surface area contributed by atoms with E-state index in [1.54, 1.807) is 38.2 Å². The third-order valence-corrected chi connectivity index (χ3v) is 5.28. The summed E-state index contributed by atoms with van der Waals surface area (Å²) in [5, 5.41) is 0. The van der Waals surface area contributed by atoms with Crippen LogP contribution < -0.4 is 0 Å². The quantitative estimate of drug-likeness (QED) is 0.141. The Balaban J connectivity index is -0.000000608. The molecule has 0 aliphatic heterocycles. The molecule has 0 aliphatic rings. The smallest absolute Gasteiger partial charge is 0.230 e. The maximum absolute atomic E-state index is 11.9. The summed E-state index contributed by atoms with van der Waals surface area (Å²) >= 11 is 0. The number of ether oxygens (including phenoxy) is 4. The minimum absolute atomic E-state index is 0. The van der Waals surface area contributed by atoms with Gasteiger partial charge in [0.2, 0.25) is 11.8 Å².